The van der Waals surface area contributed by atoms with E-state index >= 15 is 0 Å². The quantitative estimate of drug-likeness (QED) is 0.792. The molecule has 1 amide bonds. The molecule has 0 fully saturated rings. The van der Waals surface area contributed by atoms with Gasteiger partial charge in [-0.2, -0.15) is 0 Å². The number of anilines is 2. The Balaban J connectivity index is 1.99. The number of amides is 1. The topological polar surface area (TPSA) is 74.5 Å². The molecule has 106 valence electrons. The second-order valence-electron chi connectivity index (χ2n) is 4.26. The van der Waals surface area contributed by atoms with Gasteiger partial charge in [-0.25, -0.2) is 0 Å². The average Bonchev–Trinajstić information content (AvgIpc) is 2.87. The van der Waals surface area contributed by atoms with Gasteiger partial charge in [0.05, 0.1) is 17.3 Å². The van der Waals surface area contributed by atoms with Crippen molar-refractivity contribution in [1.29, 1.82) is 0 Å². The maximum absolute atomic E-state index is 11.0. The van der Waals surface area contributed by atoms with E-state index in [9.17, 15) is 4.79 Å². The Hall–Kier alpha value is -1.98. The first-order valence-electron chi connectivity index (χ1n) is 6.08. The normalized spacial score (nSPS) is 10.3. The summed E-state index contributed by atoms with van der Waals surface area (Å²) in [6, 6.07) is 8.79. The molecule has 0 spiro atoms. The Bertz CT molecular complexity index is 610. The maximum atomic E-state index is 11.0. The molecular weight excluding hydrogens is 280 g/mol. The van der Waals surface area contributed by atoms with Gasteiger partial charge in [-0.05, 0) is 30.3 Å². The molecule has 1 aromatic carbocycles. The molecular formula is C14H15ClN2O3. The fraction of sp³-hybridized carbons (Fsp3) is 0.214. The van der Waals surface area contributed by atoms with Crippen molar-refractivity contribution in [3.05, 3.63) is 46.9 Å². The van der Waals surface area contributed by atoms with Gasteiger partial charge in [0.15, 0.2) is 0 Å². The summed E-state index contributed by atoms with van der Waals surface area (Å²) in [5, 5.41) is 15.2. The van der Waals surface area contributed by atoms with Gasteiger partial charge in [-0.15, -0.1) is 0 Å². The van der Waals surface area contributed by atoms with Crippen LogP contribution in [0.2, 0.25) is 5.02 Å². The molecule has 0 aliphatic heterocycles. The van der Waals surface area contributed by atoms with Crippen LogP contribution < -0.4 is 10.6 Å². The average molecular weight is 295 g/mol. The highest BCUT2D eigenvalue weighted by atomic mass is 35.5. The number of furan rings is 1. The van der Waals surface area contributed by atoms with Gasteiger partial charge in [0.25, 0.3) is 0 Å². The van der Waals surface area contributed by atoms with Crippen LogP contribution in [0.25, 0.3) is 0 Å². The lowest BCUT2D eigenvalue weighted by atomic mass is 10.2. The summed E-state index contributed by atoms with van der Waals surface area (Å²) in [7, 11) is 0. The zero-order valence-corrected chi connectivity index (χ0v) is 11.7. The molecule has 0 atom stereocenters. The number of aliphatic hydroxyl groups excluding tert-OH is 1. The number of aliphatic hydroxyl groups is 1. The number of benzene rings is 1. The Kier molecular flexibility index (Phi) is 4.65. The predicted molar refractivity (Wildman–Crippen MR) is 77.7 cm³/mol. The monoisotopic (exact) mass is 294 g/mol. The van der Waals surface area contributed by atoms with Crippen molar-refractivity contribution in [1.82, 2.24) is 0 Å². The van der Waals surface area contributed by atoms with E-state index < -0.39 is 0 Å². The minimum absolute atomic E-state index is 0.114. The third-order valence-electron chi connectivity index (χ3n) is 2.62. The van der Waals surface area contributed by atoms with E-state index in [0.29, 0.717) is 23.0 Å². The van der Waals surface area contributed by atoms with Crippen molar-refractivity contribution in [3.8, 4) is 0 Å². The molecule has 0 aliphatic rings. The summed E-state index contributed by atoms with van der Waals surface area (Å²) in [6.45, 7) is 1.80. The summed E-state index contributed by atoms with van der Waals surface area (Å²) in [5.41, 5.74) is 1.39. The number of carbonyl (C=O) groups excluding carboxylic acids is 1. The van der Waals surface area contributed by atoms with Gasteiger partial charge in [0, 0.05) is 12.6 Å². The van der Waals surface area contributed by atoms with Crippen LogP contribution in [0.4, 0.5) is 11.4 Å². The van der Waals surface area contributed by atoms with E-state index in [1.165, 1.54) is 6.92 Å². The molecule has 0 saturated heterocycles. The minimum Gasteiger partial charge on any atom is -0.462 e. The van der Waals surface area contributed by atoms with Crippen molar-refractivity contribution >= 4 is 28.9 Å². The van der Waals surface area contributed by atoms with Gasteiger partial charge in [0.2, 0.25) is 5.91 Å². The van der Waals surface area contributed by atoms with Crippen molar-refractivity contribution in [2.24, 2.45) is 0 Å². The number of hydrogen-bond donors (Lipinski definition) is 3. The summed E-state index contributed by atoms with van der Waals surface area (Å²) in [5.74, 6) is 1.08. The van der Waals surface area contributed by atoms with E-state index in [0.717, 1.165) is 11.4 Å². The number of halogens is 1. The highest BCUT2D eigenvalue weighted by molar-refractivity contribution is 6.34. The minimum atomic E-state index is -0.167. The van der Waals surface area contributed by atoms with Gasteiger partial charge < -0.3 is 20.2 Å². The summed E-state index contributed by atoms with van der Waals surface area (Å²) >= 11 is 6.07. The summed E-state index contributed by atoms with van der Waals surface area (Å²) in [4.78, 5) is 11.0. The van der Waals surface area contributed by atoms with Crippen LogP contribution in [-0.4, -0.2) is 11.0 Å². The SMILES string of the molecule is CC(=O)Nc1ccc(NCc2ccc(CO)o2)cc1Cl. The third-order valence-corrected chi connectivity index (χ3v) is 2.93. The fourth-order valence-electron chi connectivity index (χ4n) is 1.71. The molecule has 6 heteroatoms. The maximum Gasteiger partial charge on any atom is 0.221 e. The smallest absolute Gasteiger partial charge is 0.221 e. The van der Waals surface area contributed by atoms with Gasteiger partial charge in [0.1, 0.15) is 18.1 Å². The lowest BCUT2D eigenvalue weighted by Gasteiger charge is -2.09. The van der Waals surface area contributed by atoms with Crippen LogP contribution in [0, 0.1) is 0 Å². The lowest BCUT2D eigenvalue weighted by molar-refractivity contribution is -0.114. The molecule has 3 N–H and O–H groups in total. The highest BCUT2D eigenvalue weighted by Crippen LogP contribution is 2.25. The first-order chi connectivity index (χ1) is 9.58. The Morgan fingerprint density at radius 2 is 2.05 bits per heavy atom. The molecule has 2 rings (SSSR count). The number of carbonyl (C=O) groups is 1. The zero-order valence-electron chi connectivity index (χ0n) is 10.9. The lowest BCUT2D eigenvalue weighted by Crippen LogP contribution is -2.06. The van der Waals surface area contributed by atoms with Gasteiger partial charge >= 0.3 is 0 Å². The van der Waals surface area contributed by atoms with Crippen LogP contribution >= 0.6 is 11.6 Å². The van der Waals surface area contributed by atoms with Crippen LogP contribution in [0.1, 0.15) is 18.4 Å². The Morgan fingerprint density at radius 1 is 1.30 bits per heavy atom. The molecule has 20 heavy (non-hydrogen) atoms. The zero-order chi connectivity index (χ0) is 14.5. The molecule has 1 heterocycles. The van der Waals surface area contributed by atoms with Crippen molar-refractivity contribution in [2.75, 3.05) is 10.6 Å². The van der Waals surface area contributed by atoms with E-state index in [1.807, 2.05) is 6.07 Å². The van der Waals surface area contributed by atoms with Crippen molar-refractivity contribution in [2.45, 2.75) is 20.1 Å². The number of hydrogen-bond acceptors (Lipinski definition) is 4. The molecule has 0 radical (unpaired) electrons. The van der Waals surface area contributed by atoms with E-state index in [2.05, 4.69) is 10.6 Å². The van der Waals surface area contributed by atoms with Crippen molar-refractivity contribution in [3.63, 3.8) is 0 Å². The standard InChI is InChI=1S/C14H15ClN2O3/c1-9(19)17-14-5-2-10(6-13(14)15)16-7-11-3-4-12(8-18)20-11/h2-6,16,18H,7-8H2,1H3,(H,17,19). The molecule has 0 saturated carbocycles. The first-order valence-corrected chi connectivity index (χ1v) is 6.45. The Morgan fingerprint density at radius 3 is 2.65 bits per heavy atom. The molecule has 2 aromatic rings. The molecule has 1 aromatic heterocycles. The molecule has 0 aliphatic carbocycles. The molecule has 5 nitrogen and oxygen atoms in total. The number of nitrogens with one attached hydrogen (secondary N) is 2. The second-order valence-corrected chi connectivity index (χ2v) is 4.66. The highest BCUT2D eigenvalue weighted by Gasteiger charge is 2.05. The molecule has 0 bridgehead atoms. The first kappa shape index (κ1) is 14.4. The van der Waals surface area contributed by atoms with Crippen molar-refractivity contribution < 1.29 is 14.3 Å². The van der Waals surface area contributed by atoms with E-state index in [-0.39, 0.29) is 12.5 Å². The van der Waals surface area contributed by atoms with E-state index in [4.69, 9.17) is 21.1 Å². The van der Waals surface area contributed by atoms with Gasteiger partial charge in [-0.3, -0.25) is 4.79 Å². The van der Waals surface area contributed by atoms with Crippen LogP contribution in [0.15, 0.2) is 34.7 Å². The van der Waals surface area contributed by atoms with Crippen LogP contribution in [0.3, 0.4) is 0 Å². The molecule has 0 unspecified atom stereocenters. The largest absolute Gasteiger partial charge is 0.462 e. The Labute approximate surface area is 121 Å². The summed E-state index contributed by atoms with van der Waals surface area (Å²) in [6.07, 6.45) is 0. The summed E-state index contributed by atoms with van der Waals surface area (Å²) < 4.78 is 5.36. The number of rotatable bonds is 5. The van der Waals surface area contributed by atoms with Crippen LogP contribution in [0.5, 0.6) is 0 Å². The van der Waals surface area contributed by atoms with Gasteiger partial charge in [-0.1, -0.05) is 11.6 Å². The van der Waals surface area contributed by atoms with E-state index in [1.54, 1.807) is 24.3 Å². The third kappa shape index (κ3) is 3.76. The second kappa shape index (κ2) is 6.45. The fourth-order valence-corrected chi connectivity index (χ4v) is 1.94. The van der Waals surface area contributed by atoms with Crippen LogP contribution in [-0.2, 0) is 17.9 Å². The predicted octanol–water partition coefficient (Wildman–Crippen LogP) is 3.00.